The SMILES string of the molecule is CCNC(=NCC1(c2ccccc2)CCCC1)NCC(c1cnn(C)c1)N(C)C.I. The molecule has 3 rings (SSSR count). The molecule has 1 heterocycles. The molecule has 166 valence electrons. The van der Waals surface area contributed by atoms with Gasteiger partial charge in [0.05, 0.1) is 18.8 Å². The molecule has 1 aliphatic carbocycles. The Morgan fingerprint density at radius 1 is 1.20 bits per heavy atom. The highest BCUT2D eigenvalue weighted by atomic mass is 127. The van der Waals surface area contributed by atoms with Crippen molar-refractivity contribution in [1.29, 1.82) is 0 Å². The first-order chi connectivity index (χ1) is 14.0. The number of guanidine groups is 1. The van der Waals surface area contributed by atoms with Gasteiger partial charge in [-0.3, -0.25) is 9.67 Å². The van der Waals surface area contributed by atoms with Crippen molar-refractivity contribution in [3.63, 3.8) is 0 Å². The van der Waals surface area contributed by atoms with Crippen LogP contribution in [0.1, 0.15) is 49.8 Å². The van der Waals surface area contributed by atoms with Gasteiger partial charge in [-0.05, 0) is 39.4 Å². The van der Waals surface area contributed by atoms with Crippen LogP contribution in [0.15, 0.2) is 47.7 Å². The Labute approximate surface area is 198 Å². The standard InChI is InChI=1S/C23H36N6.HI/c1-5-24-22(25-16-21(28(2)3)19-15-27-29(4)17-19)26-18-23(13-9-10-14-23)20-11-7-6-8-12-20;/h6-8,11-12,15,17,21H,5,9-10,13-14,16,18H2,1-4H3,(H2,24,25,26);1H. The van der Waals surface area contributed by atoms with Gasteiger partial charge in [0.2, 0.25) is 0 Å². The first-order valence-corrected chi connectivity index (χ1v) is 10.8. The molecule has 7 heteroatoms. The van der Waals surface area contributed by atoms with Gasteiger partial charge in [0.25, 0.3) is 0 Å². The molecule has 1 unspecified atom stereocenters. The maximum absolute atomic E-state index is 5.03. The molecule has 2 aromatic rings. The van der Waals surface area contributed by atoms with E-state index >= 15 is 0 Å². The number of likely N-dealkylation sites (N-methyl/N-ethyl adjacent to an activating group) is 1. The van der Waals surface area contributed by atoms with Crippen molar-refractivity contribution in [2.75, 3.05) is 33.7 Å². The van der Waals surface area contributed by atoms with Gasteiger partial charge in [0.1, 0.15) is 0 Å². The van der Waals surface area contributed by atoms with E-state index in [2.05, 4.69) is 78.2 Å². The molecule has 1 aromatic heterocycles. The van der Waals surface area contributed by atoms with Gasteiger partial charge in [-0.1, -0.05) is 43.2 Å². The van der Waals surface area contributed by atoms with Crippen LogP contribution in [0.25, 0.3) is 0 Å². The minimum atomic E-state index is 0. The zero-order chi connectivity index (χ0) is 20.7. The first kappa shape index (κ1) is 24.7. The summed E-state index contributed by atoms with van der Waals surface area (Å²) in [6, 6.07) is 11.2. The smallest absolute Gasteiger partial charge is 0.191 e. The summed E-state index contributed by atoms with van der Waals surface area (Å²) in [4.78, 5) is 7.25. The molecule has 0 radical (unpaired) electrons. The van der Waals surface area contributed by atoms with Crippen molar-refractivity contribution in [2.45, 2.75) is 44.1 Å². The number of hydrogen-bond acceptors (Lipinski definition) is 3. The van der Waals surface area contributed by atoms with Gasteiger partial charge in [0, 0.05) is 37.3 Å². The van der Waals surface area contributed by atoms with Crippen molar-refractivity contribution < 1.29 is 0 Å². The highest BCUT2D eigenvalue weighted by Gasteiger charge is 2.35. The summed E-state index contributed by atoms with van der Waals surface area (Å²) < 4.78 is 1.86. The van der Waals surface area contributed by atoms with E-state index in [-0.39, 0.29) is 35.4 Å². The van der Waals surface area contributed by atoms with Gasteiger partial charge < -0.3 is 15.5 Å². The molecule has 1 atom stereocenters. The lowest BCUT2D eigenvalue weighted by Crippen LogP contribution is -2.42. The predicted molar refractivity (Wildman–Crippen MR) is 136 cm³/mol. The Bertz CT molecular complexity index is 780. The van der Waals surface area contributed by atoms with Crippen LogP contribution >= 0.6 is 24.0 Å². The molecule has 1 aromatic carbocycles. The number of aryl methyl sites for hydroxylation is 1. The lowest BCUT2D eigenvalue weighted by atomic mass is 9.79. The van der Waals surface area contributed by atoms with E-state index in [1.54, 1.807) is 0 Å². The molecule has 2 N–H and O–H groups in total. The second-order valence-electron chi connectivity index (χ2n) is 8.36. The van der Waals surface area contributed by atoms with Crippen molar-refractivity contribution in [3.05, 3.63) is 53.9 Å². The molecule has 0 spiro atoms. The lowest BCUT2D eigenvalue weighted by molar-refractivity contribution is 0.298. The van der Waals surface area contributed by atoms with Crippen LogP contribution in [0, 0.1) is 0 Å². The van der Waals surface area contributed by atoms with E-state index in [0.29, 0.717) is 0 Å². The Balaban J connectivity index is 0.00000320. The highest BCUT2D eigenvalue weighted by Crippen LogP contribution is 2.41. The van der Waals surface area contributed by atoms with E-state index in [0.717, 1.165) is 25.6 Å². The number of nitrogens with zero attached hydrogens (tertiary/aromatic N) is 4. The highest BCUT2D eigenvalue weighted by molar-refractivity contribution is 14.0. The zero-order valence-electron chi connectivity index (χ0n) is 18.8. The van der Waals surface area contributed by atoms with Crippen LogP contribution in [0.3, 0.4) is 0 Å². The van der Waals surface area contributed by atoms with Crippen LogP contribution < -0.4 is 10.6 Å². The number of aromatic nitrogens is 2. The molecule has 1 aliphatic rings. The predicted octanol–water partition coefficient (Wildman–Crippen LogP) is 3.71. The molecule has 0 amide bonds. The average Bonchev–Trinajstić information content (AvgIpc) is 3.37. The van der Waals surface area contributed by atoms with Gasteiger partial charge in [-0.2, -0.15) is 5.10 Å². The average molecular weight is 524 g/mol. The van der Waals surface area contributed by atoms with Crippen molar-refractivity contribution in [1.82, 2.24) is 25.3 Å². The van der Waals surface area contributed by atoms with E-state index in [9.17, 15) is 0 Å². The number of benzene rings is 1. The number of halogens is 1. The fourth-order valence-corrected chi connectivity index (χ4v) is 4.36. The maximum atomic E-state index is 5.03. The number of hydrogen-bond donors (Lipinski definition) is 2. The molecule has 0 saturated heterocycles. The largest absolute Gasteiger partial charge is 0.357 e. The van der Waals surface area contributed by atoms with Gasteiger partial charge in [-0.25, -0.2) is 0 Å². The summed E-state index contributed by atoms with van der Waals surface area (Å²) in [6.07, 6.45) is 9.04. The zero-order valence-corrected chi connectivity index (χ0v) is 21.1. The summed E-state index contributed by atoms with van der Waals surface area (Å²) in [5.74, 6) is 0.894. The van der Waals surface area contributed by atoms with Crippen LogP contribution in [-0.4, -0.2) is 54.4 Å². The summed E-state index contributed by atoms with van der Waals surface area (Å²) in [5, 5.41) is 11.3. The fraction of sp³-hybridized carbons (Fsp3) is 0.565. The van der Waals surface area contributed by atoms with E-state index < -0.39 is 0 Å². The second kappa shape index (κ2) is 11.7. The van der Waals surface area contributed by atoms with Gasteiger partial charge in [-0.15, -0.1) is 24.0 Å². The molecule has 1 saturated carbocycles. The Kier molecular flexibility index (Phi) is 9.61. The monoisotopic (exact) mass is 524 g/mol. The van der Waals surface area contributed by atoms with Crippen LogP contribution in [-0.2, 0) is 12.5 Å². The molecule has 0 bridgehead atoms. The van der Waals surface area contributed by atoms with Gasteiger partial charge in [0.15, 0.2) is 5.96 Å². The third-order valence-electron chi connectivity index (χ3n) is 6.03. The lowest BCUT2D eigenvalue weighted by Gasteiger charge is -2.29. The molecular formula is C23H37IN6. The van der Waals surface area contributed by atoms with Crippen molar-refractivity contribution in [2.24, 2.45) is 12.0 Å². The normalized spacial score (nSPS) is 16.9. The molecule has 0 aliphatic heterocycles. The fourth-order valence-electron chi connectivity index (χ4n) is 4.36. The molecule has 6 nitrogen and oxygen atoms in total. The van der Waals surface area contributed by atoms with E-state index in [1.165, 1.54) is 36.8 Å². The maximum Gasteiger partial charge on any atom is 0.191 e. The van der Waals surface area contributed by atoms with E-state index in [1.807, 2.05) is 17.9 Å². The molecule has 1 fully saturated rings. The Hall–Kier alpha value is -1.61. The Morgan fingerprint density at radius 2 is 1.90 bits per heavy atom. The van der Waals surface area contributed by atoms with E-state index in [4.69, 9.17) is 4.99 Å². The summed E-state index contributed by atoms with van der Waals surface area (Å²) >= 11 is 0. The van der Waals surface area contributed by atoms with Gasteiger partial charge >= 0.3 is 0 Å². The third-order valence-corrected chi connectivity index (χ3v) is 6.03. The second-order valence-corrected chi connectivity index (χ2v) is 8.36. The number of nitrogens with one attached hydrogen (secondary N) is 2. The van der Waals surface area contributed by atoms with Crippen molar-refractivity contribution >= 4 is 29.9 Å². The number of rotatable bonds is 8. The first-order valence-electron chi connectivity index (χ1n) is 10.8. The summed E-state index contributed by atoms with van der Waals surface area (Å²) in [5.41, 5.74) is 2.81. The van der Waals surface area contributed by atoms with Crippen LogP contribution in [0.4, 0.5) is 0 Å². The molecular weight excluding hydrogens is 487 g/mol. The topological polar surface area (TPSA) is 57.5 Å². The van der Waals surface area contributed by atoms with Crippen LogP contribution in [0.5, 0.6) is 0 Å². The third kappa shape index (κ3) is 6.20. The number of aliphatic imine (C=N–C) groups is 1. The summed E-state index contributed by atoms with van der Waals surface area (Å²) in [6.45, 7) is 4.57. The summed E-state index contributed by atoms with van der Waals surface area (Å²) in [7, 11) is 6.17. The minimum Gasteiger partial charge on any atom is -0.357 e. The Morgan fingerprint density at radius 3 is 2.47 bits per heavy atom. The minimum absolute atomic E-state index is 0. The quantitative estimate of drug-likeness (QED) is 0.314. The van der Waals surface area contributed by atoms with Crippen molar-refractivity contribution in [3.8, 4) is 0 Å². The molecule has 30 heavy (non-hydrogen) atoms. The van der Waals surface area contributed by atoms with Crippen LogP contribution in [0.2, 0.25) is 0 Å².